The normalized spacial score (nSPS) is 22.6. The molecule has 2 atom stereocenters. The maximum absolute atomic E-state index is 12.5. The van der Waals surface area contributed by atoms with Crippen LogP contribution in [0.3, 0.4) is 0 Å². The van der Waals surface area contributed by atoms with Gasteiger partial charge in [-0.05, 0) is 47.0 Å². The maximum atomic E-state index is 12.5. The van der Waals surface area contributed by atoms with Crippen LogP contribution in [0.1, 0.15) is 23.5 Å². The number of aldehydes is 1. The molecule has 0 fully saturated rings. The number of hydrogen-bond donors (Lipinski definition) is 1. The standard InChI is InChI=1S/C21H17Cl2NO2/c1-2-14-9-17(26)11-19(13-4-3-5-15(22)8-13)21(14,12-25)18-7-6-16(23)10-20(18)24/h2-10,12,19H,1,11,24H2/t19-,21+/m0/s1. The molecule has 0 unspecified atom stereocenters. The van der Waals surface area contributed by atoms with Crippen LogP contribution in [0.15, 0.2) is 66.8 Å². The Labute approximate surface area is 162 Å². The lowest BCUT2D eigenvalue weighted by Gasteiger charge is -2.41. The Morgan fingerprint density at radius 2 is 1.88 bits per heavy atom. The molecule has 132 valence electrons. The molecule has 0 aromatic heterocycles. The fraction of sp³-hybridized carbons (Fsp3) is 0.143. The minimum Gasteiger partial charge on any atom is -0.398 e. The van der Waals surface area contributed by atoms with Gasteiger partial charge in [-0.25, -0.2) is 0 Å². The van der Waals surface area contributed by atoms with Crippen molar-refractivity contribution in [1.29, 1.82) is 0 Å². The van der Waals surface area contributed by atoms with Crippen molar-refractivity contribution < 1.29 is 9.59 Å². The van der Waals surface area contributed by atoms with Crippen LogP contribution in [0, 0.1) is 0 Å². The van der Waals surface area contributed by atoms with Crippen LogP contribution in [-0.4, -0.2) is 12.1 Å². The quantitative estimate of drug-likeness (QED) is 0.602. The Hall–Kier alpha value is -2.36. The first-order chi connectivity index (χ1) is 12.4. The third-order valence-electron chi connectivity index (χ3n) is 4.87. The third kappa shape index (κ3) is 2.98. The van der Waals surface area contributed by atoms with E-state index in [2.05, 4.69) is 6.58 Å². The highest BCUT2D eigenvalue weighted by atomic mass is 35.5. The average Bonchev–Trinajstić information content (AvgIpc) is 2.61. The third-order valence-corrected chi connectivity index (χ3v) is 5.34. The number of nitrogen functional groups attached to an aromatic ring is 1. The fourth-order valence-electron chi connectivity index (χ4n) is 3.71. The summed E-state index contributed by atoms with van der Waals surface area (Å²) in [5.41, 5.74) is 7.37. The first-order valence-corrected chi connectivity index (χ1v) is 8.82. The van der Waals surface area contributed by atoms with Crippen molar-refractivity contribution in [2.75, 3.05) is 5.73 Å². The highest BCUT2D eigenvalue weighted by Gasteiger charge is 2.48. The Kier molecular flexibility index (Phi) is 5.03. The average molecular weight is 386 g/mol. The summed E-state index contributed by atoms with van der Waals surface area (Å²) in [7, 11) is 0. The molecule has 1 aliphatic rings. The van der Waals surface area contributed by atoms with Gasteiger partial charge in [-0.1, -0.05) is 54.1 Å². The summed E-state index contributed by atoms with van der Waals surface area (Å²) >= 11 is 12.2. The minimum atomic E-state index is -1.14. The van der Waals surface area contributed by atoms with Crippen molar-refractivity contribution in [3.05, 3.63) is 87.9 Å². The molecular formula is C21H17Cl2NO2. The lowest BCUT2D eigenvalue weighted by Crippen LogP contribution is -2.41. The molecule has 0 bridgehead atoms. The zero-order valence-electron chi connectivity index (χ0n) is 13.9. The van der Waals surface area contributed by atoms with E-state index in [9.17, 15) is 9.59 Å². The van der Waals surface area contributed by atoms with Gasteiger partial charge >= 0.3 is 0 Å². The molecule has 3 rings (SSSR count). The molecule has 26 heavy (non-hydrogen) atoms. The monoisotopic (exact) mass is 385 g/mol. The molecule has 2 N–H and O–H groups in total. The summed E-state index contributed by atoms with van der Waals surface area (Å²) in [5.74, 6) is -0.525. The van der Waals surface area contributed by atoms with Gasteiger partial charge in [0.15, 0.2) is 5.78 Å². The summed E-state index contributed by atoms with van der Waals surface area (Å²) in [6, 6.07) is 12.2. The van der Waals surface area contributed by atoms with Gasteiger partial charge in [0.1, 0.15) is 6.29 Å². The van der Waals surface area contributed by atoms with Crippen LogP contribution in [0.4, 0.5) is 5.69 Å². The summed E-state index contributed by atoms with van der Waals surface area (Å²) in [5, 5.41) is 1.01. The summed E-state index contributed by atoms with van der Waals surface area (Å²) in [4.78, 5) is 24.9. The number of allylic oxidation sites excluding steroid dienone is 3. The van der Waals surface area contributed by atoms with E-state index in [0.29, 0.717) is 26.9 Å². The number of benzene rings is 2. The first-order valence-electron chi connectivity index (χ1n) is 8.07. The molecule has 0 aliphatic heterocycles. The molecule has 0 saturated heterocycles. The lowest BCUT2D eigenvalue weighted by atomic mass is 9.59. The molecule has 1 aliphatic carbocycles. The van der Waals surface area contributed by atoms with Gasteiger partial charge in [0, 0.05) is 28.1 Å². The predicted octanol–water partition coefficient (Wildman–Crippen LogP) is 4.88. The van der Waals surface area contributed by atoms with Crippen LogP contribution >= 0.6 is 23.2 Å². The van der Waals surface area contributed by atoms with Crippen molar-refractivity contribution >= 4 is 41.0 Å². The van der Waals surface area contributed by atoms with E-state index in [1.54, 1.807) is 36.4 Å². The number of anilines is 1. The molecule has 0 amide bonds. The number of halogens is 2. The minimum absolute atomic E-state index is 0.0742. The zero-order valence-corrected chi connectivity index (χ0v) is 15.4. The van der Waals surface area contributed by atoms with Crippen LogP contribution in [0.5, 0.6) is 0 Å². The van der Waals surface area contributed by atoms with Gasteiger partial charge in [-0.2, -0.15) is 0 Å². The van der Waals surface area contributed by atoms with E-state index in [4.69, 9.17) is 28.9 Å². The molecule has 5 heteroatoms. The SMILES string of the molecule is C=CC1=CC(=O)C[C@@H](c2cccc(Cl)c2)[C@@]1(C=O)c1ccc(Cl)cc1N. The van der Waals surface area contributed by atoms with E-state index in [-0.39, 0.29) is 12.2 Å². The van der Waals surface area contributed by atoms with Gasteiger partial charge in [-0.3, -0.25) is 4.79 Å². The lowest BCUT2D eigenvalue weighted by molar-refractivity contribution is -0.117. The Bertz CT molecular complexity index is 935. The Morgan fingerprint density at radius 3 is 2.50 bits per heavy atom. The van der Waals surface area contributed by atoms with E-state index in [1.807, 2.05) is 6.07 Å². The van der Waals surface area contributed by atoms with Crippen LogP contribution in [-0.2, 0) is 15.0 Å². The van der Waals surface area contributed by atoms with Gasteiger partial charge in [0.2, 0.25) is 0 Å². The summed E-state index contributed by atoms with van der Waals surface area (Å²) in [6.07, 6.45) is 4.02. The molecule has 0 saturated carbocycles. The van der Waals surface area contributed by atoms with Crippen molar-refractivity contribution in [1.82, 2.24) is 0 Å². The van der Waals surface area contributed by atoms with E-state index in [0.717, 1.165) is 11.8 Å². The second kappa shape index (κ2) is 7.10. The van der Waals surface area contributed by atoms with Gasteiger partial charge in [0.05, 0.1) is 5.41 Å². The van der Waals surface area contributed by atoms with E-state index >= 15 is 0 Å². The second-order valence-corrected chi connectivity index (χ2v) is 7.17. The topological polar surface area (TPSA) is 60.2 Å². The number of nitrogens with two attached hydrogens (primary N) is 1. The largest absolute Gasteiger partial charge is 0.398 e. The molecule has 2 aromatic rings. The Balaban J connectivity index is 2.34. The predicted molar refractivity (Wildman–Crippen MR) is 106 cm³/mol. The van der Waals surface area contributed by atoms with Gasteiger partial charge < -0.3 is 10.5 Å². The van der Waals surface area contributed by atoms with Gasteiger partial charge in [-0.15, -0.1) is 0 Å². The molecular weight excluding hydrogens is 369 g/mol. The Morgan fingerprint density at radius 1 is 1.15 bits per heavy atom. The molecule has 2 aromatic carbocycles. The van der Waals surface area contributed by atoms with Crippen LogP contribution < -0.4 is 5.73 Å². The zero-order chi connectivity index (χ0) is 18.9. The van der Waals surface area contributed by atoms with Crippen LogP contribution in [0.2, 0.25) is 10.0 Å². The van der Waals surface area contributed by atoms with Crippen molar-refractivity contribution in [2.24, 2.45) is 0 Å². The summed E-state index contributed by atoms with van der Waals surface area (Å²) < 4.78 is 0. The van der Waals surface area contributed by atoms with Crippen molar-refractivity contribution in [2.45, 2.75) is 17.8 Å². The number of carbonyl (C=O) groups excluding carboxylic acids is 2. The number of hydrogen-bond acceptors (Lipinski definition) is 3. The number of ketones is 1. The van der Waals surface area contributed by atoms with Gasteiger partial charge in [0.25, 0.3) is 0 Å². The van der Waals surface area contributed by atoms with Crippen molar-refractivity contribution in [3.63, 3.8) is 0 Å². The molecule has 0 heterocycles. The van der Waals surface area contributed by atoms with Crippen molar-refractivity contribution in [3.8, 4) is 0 Å². The first kappa shape index (κ1) is 18.4. The number of rotatable bonds is 4. The molecule has 0 spiro atoms. The van der Waals surface area contributed by atoms with E-state index < -0.39 is 11.3 Å². The highest BCUT2D eigenvalue weighted by molar-refractivity contribution is 6.31. The maximum Gasteiger partial charge on any atom is 0.156 e. The molecule has 0 radical (unpaired) electrons. The summed E-state index contributed by atoms with van der Waals surface area (Å²) in [6.45, 7) is 3.81. The molecule has 3 nitrogen and oxygen atoms in total. The fourth-order valence-corrected chi connectivity index (χ4v) is 4.09. The highest BCUT2D eigenvalue weighted by Crippen LogP contribution is 2.50. The number of carbonyl (C=O) groups is 2. The smallest absolute Gasteiger partial charge is 0.156 e. The van der Waals surface area contributed by atoms with E-state index in [1.165, 1.54) is 12.2 Å². The second-order valence-electron chi connectivity index (χ2n) is 6.30. The van der Waals surface area contributed by atoms with Crippen LogP contribution in [0.25, 0.3) is 0 Å².